The summed E-state index contributed by atoms with van der Waals surface area (Å²) in [6.07, 6.45) is 2.57. The maximum absolute atomic E-state index is 12.7. The number of nitrogens with zero attached hydrogens (tertiary/aromatic N) is 6. The van der Waals surface area contributed by atoms with Crippen molar-refractivity contribution in [2.75, 3.05) is 43.8 Å². The van der Waals surface area contributed by atoms with Gasteiger partial charge in [0.25, 0.3) is 5.91 Å². The zero-order chi connectivity index (χ0) is 23.5. The van der Waals surface area contributed by atoms with Crippen molar-refractivity contribution in [1.29, 1.82) is 0 Å². The molecule has 12 nitrogen and oxygen atoms in total. The van der Waals surface area contributed by atoms with E-state index in [1.54, 1.807) is 25.2 Å². The quantitative estimate of drug-likeness (QED) is 0.443. The summed E-state index contributed by atoms with van der Waals surface area (Å²) in [4.78, 5) is 27.7. The molecule has 3 heterocycles. The van der Waals surface area contributed by atoms with Crippen LogP contribution >= 0.6 is 0 Å². The number of ether oxygens (including phenoxy) is 1. The second-order valence-electron chi connectivity index (χ2n) is 7.28. The molecule has 0 unspecified atom stereocenters. The maximum Gasteiger partial charge on any atom is 0.287 e. The summed E-state index contributed by atoms with van der Waals surface area (Å²) in [7, 11) is -0.283. The Bertz CT molecular complexity index is 1240. The molecular weight excluding hydrogens is 436 g/mol. The van der Waals surface area contributed by atoms with Crippen LogP contribution in [0.4, 0.5) is 17.6 Å². The summed E-state index contributed by atoms with van der Waals surface area (Å²) in [5.74, 6) is 0.356. The molecule has 1 amide bonds. The van der Waals surface area contributed by atoms with Crippen molar-refractivity contribution < 1.29 is 17.9 Å². The predicted octanol–water partition coefficient (Wildman–Crippen LogP) is 1.07. The fraction of sp³-hybridized carbons (Fsp3) is 0.421. The first-order chi connectivity index (χ1) is 15.1. The summed E-state index contributed by atoms with van der Waals surface area (Å²) < 4.78 is 32.2. The van der Waals surface area contributed by atoms with Gasteiger partial charge in [0.05, 0.1) is 19.4 Å². The van der Waals surface area contributed by atoms with Crippen LogP contribution in [0.5, 0.6) is 0 Å². The Kier molecular flexibility index (Phi) is 6.89. The molecule has 13 heteroatoms. The summed E-state index contributed by atoms with van der Waals surface area (Å²) in [5, 5.41) is 7.52. The Morgan fingerprint density at radius 1 is 1.28 bits per heavy atom. The number of amides is 1. The molecule has 0 aliphatic heterocycles. The van der Waals surface area contributed by atoms with Crippen LogP contribution < -0.4 is 14.9 Å². The van der Waals surface area contributed by atoms with Gasteiger partial charge in [0.15, 0.2) is 11.5 Å². The number of hydrogen-bond acceptors (Lipinski definition) is 10. The van der Waals surface area contributed by atoms with Crippen LogP contribution in [0.3, 0.4) is 0 Å². The Morgan fingerprint density at radius 2 is 2.03 bits per heavy atom. The van der Waals surface area contributed by atoms with Crippen LogP contribution in [-0.2, 0) is 21.3 Å². The Labute approximate surface area is 186 Å². The standard InChI is InChI=1S/C19H26N8O4S/c1-6-31-10-9-27-16-14(15(24-27)18(28)25-32(5,29)30)22-19(26(3)4)23-17(16)21-13-11-12(2)7-8-20-13/h7-8,11H,6,9-10H2,1-5H3,(H,25,28)(H,20,21,22,23). The molecule has 3 aromatic rings. The SMILES string of the molecule is CCOCCn1nc(C(=O)NS(C)(=O)=O)c2nc(N(C)C)nc(Nc3cc(C)ccn3)c21. The van der Waals surface area contributed by atoms with Crippen LogP contribution in [0.2, 0.25) is 0 Å². The van der Waals surface area contributed by atoms with E-state index in [2.05, 4.69) is 25.4 Å². The zero-order valence-corrected chi connectivity index (χ0v) is 19.4. The highest BCUT2D eigenvalue weighted by Gasteiger charge is 2.25. The van der Waals surface area contributed by atoms with Crippen LogP contribution in [0.15, 0.2) is 18.3 Å². The smallest absolute Gasteiger partial charge is 0.287 e. The van der Waals surface area contributed by atoms with E-state index < -0.39 is 15.9 Å². The highest BCUT2D eigenvalue weighted by atomic mass is 32.2. The first-order valence-electron chi connectivity index (χ1n) is 9.84. The Morgan fingerprint density at radius 3 is 2.66 bits per heavy atom. The second-order valence-corrected chi connectivity index (χ2v) is 9.03. The summed E-state index contributed by atoms with van der Waals surface area (Å²) in [5.41, 5.74) is 1.50. The van der Waals surface area contributed by atoms with Gasteiger partial charge in [-0.3, -0.25) is 9.48 Å². The van der Waals surface area contributed by atoms with E-state index in [0.717, 1.165) is 11.8 Å². The molecule has 32 heavy (non-hydrogen) atoms. The first-order valence-corrected chi connectivity index (χ1v) is 11.7. The van der Waals surface area contributed by atoms with Crippen molar-refractivity contribution in [3.05, 3.63) is 29.6 Å². The lowest BCUT2D eigenvalue weighted by atomic mass is 10.3. The number of sulfonamides is 1. The minimum Gasteiger partial charge on any atom is -0.380 e. The largest absolute Gasteiger partial charge is 0.380 e. The zero-order valence-electron chi connectivity index (χ0n) is 18.6. The molecule has 3 aromatic heterocycles. The van der Waals surface area contributed by atoms with Gasteiger partial charge in [-0.2, -0.15) is 10.1 Å². The van der Waals surface area contributed by atoms with Crippen molar-refractivity contribution in [1.82, 2.24) is 29.5 Å². The van der Waals surface area contributed by atoms with Crippen molar-refractivity contribution in [3.63, 3.8) is 0 Å². The van der Waals surface area contributed by atoms with Gasteiger partial charge in [-0.25, -0.2) is 23.1 Å². The Hall–Kier alpha value is -3.32. The topological polar surface area (TPSA) is 144 Å². The highest BCUT2D eigenvalue weighted by Crippen LogP contribution is 2.28. The highest BCUT2D eigenvalue weighted by molar-refractivity contribution is 7.89. The lowest BCUT2D eigenvalue weighted by Gasteiger charge is -2.14. The molecule has 0 atom stereocenters. The number of carbonyl (C=O) groups excluding carboxylic acids is 1. The van der Waals surface area contributed by atoms with Crippen LogP contribution in [0.1, 0.15) is 23.0 Å². The third-order valence-corrected chi connectivity index (χ3v) is 4.84. The number of fused-ring (bicyclic) bond motifs is 1. The Balaban J connectivity index is 2.21. The molecule has 0 radical (unpaired) electrons. The van der Waals surface area contributed by atoms with E-state index in [0.29, 0.717) is 42.9 Å². The van der Waals surface area contributed by atoms with Gasteiger partial charge in [0.1, 0.15) is 16.9 Å². The van der Waals surface area contributed by atoms with E-state index in [9.17, 15) is 13.2 Å². The summed E-state index contributed by atoms with van der Waals surface area (Å²) >= 11 is 0. The number of rotatable bonds is 9. The van der Waals surface area contributed by atoms with Crippen molar-refractivity contribution in [2.45, 2.75) is 20.4 Å². The number of hydrogen-bond donors (Lipinski definition) is 2. The minimum atomic E-state index is -3.79. The number of nitrogens with one attached hydrogen (secondary N) is 2. The number of anilines is 3. The summed E-state index contributed by atoms with van der Waals surface area (Å²) in [6.45, 7) is 4.96. The van der Waals surface area contributed by atoms with E-state index >= 15 is 0 Å². The average molecular weight is 463 g/mol. The van der Waals surface area contributed by atoms with Gasteiger partial charge in [-0.05, 0) is 31.5 Å². The normalized spacial score (nSPS) is 11.5. The average Bonchev–Trinajstić information content (AvgIpc) is 3.06. The molecule has 2 N–H and O–H groups in total. The number of pyridine rings is 1. The van der Waals surface area contributed by atoms with Crippen LogP contribution in [0.25, 0.3) is 11.0 Å². The monoisotopic (exact) mass is 462 g/mol. The molecule has 0 saturated carbocycles. The molecule has 0 aliphatic rings. The van der Waals surface area contributed by atoms with Gasteiger partial charge in [0, 0.05) is 26.9 Å². The maximum atomic E-state index is 12.7. The van der Waals surface area contributed by atoms with E-state index in [-0.39, 0.29) is 11.2 Å². The molecule has 0 bridgehead atoms. The number of aryl methyl sites for hydroxylation is 1. The van der Waals surface area contributed by atoms with Gasteiger partial charge in [-0.15, -0.1) is 0 Å². The van der Waals surface area contributed by atoms with Crippen molar-refractivity contribution >= 4 is 44.5 Å². The molecular formula is C19H26N8O4S. The minimum absolute atomic E-state index is 0.132. The van der Waals surface area contributed by atoms with Gasteiger partial charge >= 0.3 is 0 Å². The van der Waals surface area contributed by atoms with Crippen molar-refractivity contribution in [3.8, 4) is 0 Å². The predicted molar refractivity (Wildman–Crippen MR) is 121 cm³/mol. The van der Waals surface area contributed by atoms with Crippen LogP contribution in [-0.4, -0.2) is 72.6 Å². The van der Waals surface area contributed by atoms with Gasteiger partial charge in [-0.1, -0.05) is 0 Å². The number of aromatic nitrogens is 5. The molecule has 0 spiro atoms. The summed E-state index contributed by atoms with van der Waals surface area (Å²) in [6, 6.07) is 3.72. The fourth-order valence-electron chi connectivity index (χ4n) is 2.91. The number of carbonyl (C=O) groups is 1. The molecule has 0 aromatic carbocycles. The molecule has 172 valence electrons. The lowest BCUT2D eigenvalue weighted by Crippen LogP contribution is -2.30. The molecule has 0 saturated heterocycles. The molecule has 0 aliphatic carbocycles. The van der Waals surface area contributed by atoms with E-state index in [1.165, 1.54) is 4.68 Å². The lowest BCUT2D eigenvalue weighted by molar-refractivity contribution is 0.0975. The van der Waals surface area contributed by atoms with Gasteiger partial charge < -0.3 is 15.0 Å². The molecule has 3 rings (SSSR count). The third kappa shape index (κ3) is 5.48. The van der Waals surface area contributed by atoms with Crippen molar-refractivity contribution in [2.24, 2.45) is 0 Å². The molecule has 0 fully saturated rings. The van der Waals surface area contributed by atoms with E-state index in [4.69, 9.17) is 4.74 Å². The fourth-order valence-corrected chi connectivity index (χ4v) is 3.34. The first kappa shape index (κ1) is 23.3. The second kappa shape index (κ2) is 9.44. The van der Waals surface area contributed by atoms with Gasteiger partial charge in [0.2, 0.25) is 16.0 Å². The van der Waals surface area contributed by atoms with Crippen LogP contribution in [0, 0.1) is 6.92 Å². The van der Waals surface area contributed by atoms with E-state index in [1.807, 2.05) is 30.7 Å². The third-order valence-electron chi connectivity index (χ3n) is 4.28.